The Hall–Kier alpha value is -1.55. The molecule has 0 saturated heterocycles. The summed E-state index contributed by atoms with van der Waals surface area (Å²) in [7, 11) is 4.03. The van der Waals surface area contributed by atoms with E-state index < -0.39 is 0 Å². The Morgan fingerprint density at radius 1 is 1.20 bits per heavy atom. The summed E-state index contributed by atoms with van der Waals surface area (Å²) in [4.78, 5) is 15.9. The van der Waals surface area contributed by atoms with Crippen molar-refractivity contribution in [2.75, 3.05) is 38.7 Å². The van der Waals surface area contributed by atoms with Crippen molar-refractivity contribution in [3.63, 3.8) is 0 Å². The van der Waals surface area contributed by atoms with E-state index in [1.54, 1.807) is 0 Å². The predicted molar refractivity (Wildman–Crippen MR) is 83.0 cm³/mol. The second-order valence-electron chi connectivity index (χ2n) is 5.11. The lowest BCUT2D eigenvalue weighted by atomic mass is 10.1. The van der Waals surface area contributed by atoms with Crippen molar-refractivity contribution in [1.82, 2.24) is 4.90 Å². The van der Waals surface area contributed by atoms with E-state index in [1.165, 1.54) is 11.3 Å². The van der Waals surface area contributed by atoms with Crippen LogP contribution >= 0.6 is 0 Å². The van der Waals surface area contributed by atoms with Crippen molar-refractivity contribution in [2.24, 2.45) is 0 Å². The third-order valence-electron chi connectivity index (χ3n) is 3.40. The topological polar surface area (TPSA) is 43.8 Å². The van der Waals surface area contributed by atoms with Gasteiger partial charge in [0.15, 0.2) is 0 Å². The quantitative estimate of drug-likeness (QED) is 0.790. The summed E-state index contributed by atoms with van der Waals surface area (Å²) in [5.74, 6) is 0.164. The van der Waals surface area contributed by atoms with Crippen LogP contribution in [0.15, 0.2) is 24.3 Å². The van der Waals surface area contributed by atoms with E-state index in [-0.39, 0.29) is 12.5 Å². The molecule has 0 saturated carbocycles. The summed E-state index contributed by atoms with van der Waals surface area (Å²) in [5, 5.41) is 8.83. The molecule has 1 N–H and O–H groups in total. The van der Waals surface area contributed by atoms with Gasteiger partial charge in [0.1, 0.15) is 0 Å². The number of rotatable bonds is 8. The van der Waals surface area contributed by atoms with Crippen LogP contribution in [-0.2, 0) is 11.2 Å². The molecule has 1 aromatic rings. The van der Waals surface area contributed by atoms with Crippen molar-refractivity contribution < 1.29 is 9.90 Å². The lowest BCUT2D eigenvalue weighted by Gasteiger charge is -2.20. The van der Waals surface area contributed by atoms with Gasteiger partial charge < -0.3 is 14.9 Å². The number of aliphatic hydroxyl groups excluding tert-OH is 1. The van der Waals surface area contributed by atoms with Crippen LogP contribution in [0.1, 0.15) is 25.3 Å². The van der Waals surface area contributed by atoms with Crippen LogP contribution in [0.4, 0.5) is 5.69 Å². The standard InChI is InChI=1S/C16H26N2O2/c1-4-18(12-5-13-19)16(20)11-8-14-6-9-15(10-7-14)17(2)3/h6-7,9-10,19H,4-5,8,11-13H2,1-3H3. The van der Waals surface area contributed by atoms with Gasteiger partial charge in [-0.15, -0.1) is 0 Å². The van der Waals surface area contributed by atoms with Crippen molar-refractivity contribution in [2.45, 2.75) is 26.2 Å². The normalized spacial score (nSPS) is 10.4. The van der Waals surface area contributed by atoms with Gasteiger partial charge in [-0.05, 0) is 37.5 Å². The summed E-state index contributed by atoms with van der Waals surface area (Å²) in [6, 6.07) is 8.30. The molecule has 20 heavy (non-hydrogen) atoms. The van der Waals surface area contributed by atoms with E-state index >= 15 is 0 Å². The highest BCUT2D eigenvalue weighted by molar-refractivity contribution is 5.76. The van der Waals surface area contributed by atoms with E-state index in [2.05, 4.69) is 29.2 Å². The number of anilines is 1. The number of hydrogen-bond donors (Lipinski definition) is 1. The number of nitrogens with zero attached hydrogens (tertiary/aromatic N) is 2. The van der Waals surface area contributed by atoms with Gasteiger partial charge in [-0.2, -0.15) is 0 Å². The SMILES string of the molecule is CCN(CCCO)C(=O)CCc1ccc(N(C)C)cc1. The highest BCUT2D eigenvalue weighted by Gasteiger charge is 2.10. The summed E-state index contributed by atoms with van der Waals surface area (Å²) in [6.45, 7) is 3.46. The van der Waals surface area contributed by atoms with E-state index in [0.717, 1.165) is 6.42 Å². The highest BCUT2D eigenvalue weighted by atomic mass is 16.3. The van der Waals surface area contributed by atoms with Crippen molar-refractivity contribution >= 4 is 11.6 Å². The van der Waals surface area contributed by atoms with Gasteiger partial charge in [0.2, 0.25) is 5.91 Å². The van der Waals surface area contributed by atoms with Crippen LogP contribution in [0.2, 0.25) is 0 Å². The maximum atomic E-state index is 12.1. The van der Waals surface area contributed by atoms with Gasteiger partial charge >= 0.3 is 0 Å². The summed E-state index contributed by atoms with van der Waals surface area (Å²) < 4.78 is 0. The van der Waals surface area contributed by atoms with Gasteiger partial charge in [0, 0.05) is 45.9 Å². The molecule has 0 radical (unpaired) electrons. The molecule has 0 aliphatic carbocycles. The second-order valence-corrected chi connectivity index (χ2v) is 5.11. The Balaban J connectivity index is 2.47. The van der Waals surface area contributed by atoms with Crippen molar-refractivity contribution in [3.05, 3.63) is 29.8 Å². The first-order valence-electron chi connectivity index (χ1n) is 7.23. The number of hydrogen-bond acceptors (Lipinski definition) is 3. The molecule has 0 atom stereocenters. The molecule has 112 valence electrons. The molecule has 0 heterocycles. The Labute approximate surface area is 122 Å². The summed E-state index contributed by atoms with van der Waals surface area (Å²) in [5.41, 5.74) is 2.35. The Kier molecular flexibility index (Phi) is 7.09. The minimum atomic E-state index is 0.135. The maximum Gasteiger partial charge on any atom is 0.222 e. The Morgan fingerprint density at radius 3 is 2.35 bits per heavy atom. The molecule has 1 amide bonds. The van der Waals surface area contributed by atoms with Gasteiger partial charge in [0.25, 0.3) is 0 Å². The largest absolute Gasteiger partial charge is 0.396 e. The number of aryl methyl sites for hydroxylation is 1. The first kappa shape index (κ1) is 16.5. The van der Waals surface area contributed by atoms with Crippen molar-refractivity contribution in [1.29, 1.82) is 0 Å². The number of benzene rings is 1. The van der Waals surface area contributed by atoms with E-state index in [4.69, 9.17) is 5.11 Å². The number of aliphatic hydroxyl groups is 1. The van der Waals surface area contributed by atoms with Crippen LogP contribution in [0, 0.1) is 0 Å². The summed E-state index contributed by atoms with van der Waals surface area (Å²) in [6.07, 6.45) is 1.94. The zero-order valence-electron chi connectivity index (χ0n) is 12.8. The predicted octanol–water partition coefficient (Wildman–Crippen LogP) is 1.92. The smallest absolute Gasteiger partial charge is 0.222 e. The third-order valence-corrected chi connectivity index (χ3v) is 3.40. The van der Waals surface area contributed by atoms with Gasteiger partial charge in [0.05, 0.1) is 0 Å². The molecule has 1 rings (SSSR count). The van der Waals surface area contributed by atoms with Crippen LogP contribution in [0.5, 0.6) is 0 Å². The van der Waals surface area contributed by atoms with Crippen LogP contribution < -0.4 is 4.90 Å². The van der Waals surface area contributed by atoms with Crippen LogP contribution in [0.25, 0.3) is 0 Å². The molecule has 4 nitrogen and oxygen atoms in total. The average molecular weight is 278 g/mol. The molecule has 0 aromatic heterocycles. The lowest BCUT2D eigenvalue weighted by Crippen LogP contribution is -2.32. The third kappa shape index (κ3) is 5.21. The fourth-order valence-electron chi connectivity index (χ4n) is 2.09. The molecule has 1 aromatic carbocycles. The molecule has 0 bridgehead atoms. The Morgan fingerprint density at radius 2 is 1.85 bits per heavy atom. The van der Waals surface area contributed by atoms with Crippen molar-refractivity contribution in [3.8, 4) is 0 Å². The maximum absolute atomic E-state index is 12.1. The summed E-state index contributed by atoms with van der Waals surface area (Å²) >= 11 is 0. The van der Waals surface area contributed by atoms with Gasteiger partial charge in [-0.25, -0.2) is 0 Å². The lowest BCUT2D eigenvalue weighted by molar-refractivity contribution is -0.131. The molecule has 0 spiro atoms. The number of amides is 1. The first-order valence-corrected chi connectivity index (χ1v) is 7.23. The van der Waals surface area contributed by atoms with Crippen LogP contribution in [-0.4, -0.2) is 49.7 Å². The average Bonchev–Trinajstić information content (AvgIpc) is 2.46. The molecule has 0 unspecified atom stereocenters. The monoisotopic (exact) mass is 278 g/mol. The zero-order chi connectivity index (χ0) is 15.0. The first-order chi connectivity index (χ1) is 9.58. The van der Waals surface area contributed by atoms with E-state index in [1.807, 2.05) is 25.9 Å². The molecule has 0 aliphatic heterocycles. The van der Waals surface area contributed by atoms with Gasteiger partial charge in [-0.3, -0.25) is 4.79 Å². The zero-order valence-corrected chi connectivity index (χ0v) is 12.8. The number of carbonyl (C=O) groups excluding carboxylic acids is 1. The van der Waals surface area contributed by atoms with Crippen LogP contribution in [0.3, 0.4) is 0 Å². The van der Waals surface area contributed by atoms with E-state index in [9.17, 15) is 4.79 Å². The van der Waals surface area contributed by atoms with E-state index in [0.29, 0.717) is 25.9 Å². The molecular formula is C16H26N2O2. The highest BCUT2D eigenvalue weighted by Crippen LogP contribution is 2.13. The fraction of sp³-hybridized carbons (Fsp3) is 0.562. The number of carbonyl (C=O) groups is 1. The minimum absolute atomic E-state index is 0.135. The molecule has 0 fully saturated rings. The molecular weight excluding hydrogens is 252 g/mol. The molecule has 0 aliphatic rings. The second kappa shape index (κ2) is 8.59. The molecule has 4 heteroatoms. The van der Waals surface area contributed by atoms with Gasteiger partial charge in [-0.1, -0.05) is 12.1 Å². The minimum Gasteiger partial charge on any atom is -0.396 e. The fourth-order valence-corrected chi connectivity index (χ4v) is 2.09. The Bertz CT molecular complexity index is 401.